The lowest BCUT2D eigenvalue weighted by molar-refractivity contribution is -0.131. The van der Waals surface area contributed by atoms with E-state index in [0.717, 1.165) is 34.7 Å². The van der Waals surface area contributed by atoms with E-state index in [1.807, 2.05) is 24.3 Å². The first-order valence-corrected chi connectivity index (χ1v) is 10.3. The van der Waals surface area contributed by atoms with E-state index in [9.17, 15) is 4.79 Å². The molecule has 0 bridgehead atoms. The van der Waals surface area contributed by atoms with E-state index in [1.54, 1.807) is 6.08 Å². The highest BCUT2D eigenvalue weighted by atomic mass is 19.1. The Morgan fingerprint density at radius 3 is 2.68 bits per heavy atom. The molecule has 160 valence electrons. The number of halogens is 2. The molecule has 2 unspecified atom stereocenters. The minimum absolute atomic E-state index is 0.0316. The lowest BCUT2D eigenvalue weighted by atomic mass is 9.87. The number of hydrogen-bond donors (Lipinski definition) is 2. The van der Waals surface area contributed by atoms with Gasteiger partial charge in [0.2, 0.25) is 0 Å². The average molecular weight is 422 g/mol. The smallest absolute Gasteiger partial charge is 0.328 e. The molecule has 2 atom stereocenters. The van der Waals surface area contributed by atoms with Crippen molar-refractivity contribution in [1.29, 1.82) is 0 Å². The third kappa shape index (κ3) is 3.91. The fourth-order valence-electron chi connectivity index (χ4n) is 4.54. The van der Waals surface area contributed by atoms with Gasteiger partial charge in [-0.1, -0.05) is 24.3 Å². The Kier molecular flexibility index (Phi) is 5.74. The van der Waals surface area contributed by atoms with Crippen molar-refractivity contribution in [1.82, 2.24) is 9.88 Å². The van der Waals surface area contributed by atoms with Crippen molar-refractivity contribution in [2.24, 2.45) is 0 Å². The molecule has 0 saturated heterocycles. The van der Waals surface area contributed by atoms with Gasteiger partial charge in [-0.05, 0) is 55.2 Å². The molecule has 31 heavy (non-hydrogen) atoms. The molecule has 4 nitrogen and oxygen atoms in total. The van der Waals surface area contributed by atoms with Gasteiger partial charge in [-0.15, -0.1) is 6.58 Å². The summed E-state index contributed by atoms with van der Waals surface area (Å²) in [6, 6.07) is 9.71. The summed E-state index contributed by atoms with van der Waals surface area (Å²) < 4.78 is 30.6. The third-order valence-electron chi connectivity index (χ3n) is 5.90. The molecule has 1 aliphatic rings. The molecule has 4 rings (SSSR count). The molecule has 2 N–H and O–H groups in total. The highest BCUT2D eigenvalue weighted by molar-refractivity contribution is 5.86. The van der Waals surface area contributed by atoms with Gasteiger partial charge in [-0.3, -0.25) is 4.90 Å². The maximum atomic E-state index is 15.3. The van der Waals surface area contributed by atoms with Crippen molar-refractivity contribution < 1.29 is 18.7 Å². The summed E-state index contributed by atoms with van der Waals surface area (Å²) in [7, 11) is 0. The minimum Gasteiger partial charge on any atom is -0.478 e. The fraction of sp³-hybridized carbons (Fsp3) is 0.240. The third-order valence-corrected chi connectivity index (χ3v) is 5.90. The molecule has 0 radical (unpaired) electrons. The maximum Gasteiger partial charge on any atom is 0.328 e. The van der Waals surface area contributed by atoms with Gasteiger partial charge in [0, 0.05) is 40.8 Å². The predicted molar refractivity (Wildman–Crippen MR) is 118 cm³/mol. The number of para-hydroxylation sites is 1. The van der Waals surface area contributed by atoms with Crippen molar-refractivity contribution in [3.05, 3.63) is 89.1 Å². The van der Waals surface area contributed by atoms with Gasteiger partial charge in [0.1, 0.15) is 11.6 Å². The Bertz CT molecular complexity index is 1160. The van der Waals surface area contributed by atoms with Crippen LogP contribution in [-0.2, 0) is 11.2 Å². The molecular formula is C25H24F2N2O2. The van der Waals surface area contributed by atoms with Gasteiger partial charge < -0.3 is 10.1 Å². The van der Waals surface area contributed by atoms with Crippen LogP contribution >= 0.6 is 0 Å². The summed E-state index contributed by atoms with van der Waals surface area (Å²) in [5.41, 5.74) is 2.96. The van der Waals surface area contributed by atoms with Crippen molar-refractivity contribution in [3.63, 3.8) is 0 Å². The van der Waals surface area contributed by atoms with Gasteiger partial charge in [0.15, 0.2) is 0 Å². The van der Waals surface area contributed by atoms with E-state index >= 15 is 8.78 Å². The number of benzene rings is 2. The average Bonchev–Trinajstić information content (AvgIpc) is 3.09. The molecule has 2 heterocycles. The van der Waals surface area contributed by atoms with E-state index in [-0.39, 0.29) is 17.2 Å². The van der Waals surface area contributed by atoms with Crippen LogP contribution in [0.4, 0.5) is 8.78 Å². The zero-order valence-corrected chi connectivity index (χ0v) is 17.2. The van der Waals surface area contributed by atoms with Gasteiger partial charge in [0.25, 0.3) is 0 Å². The van der Waals surface area contributed by atoms with Crippen LogP contribution in [0.15, 0.2) is 55.1 Å². The molecular weight excluding hydrogens is 398 g/mol. The van der Waals surface area contributed by atoms with Crippen molar-refractivity contribution in [3.8, 4) is 0 Å². The van der Waals surface area contributed by atoms with E-state index in [1.165, 1.54) is 18.2 Å². The number of carboxylic acids is 1. The fourth-order valence-corrected chi connectivity index (χ4v) is 4.54. The first-order chi connectivity index (χ1) is 14.9. The minimum atomic E-state index is -1.18. The van der Waals surface area contributed by atoms with E-state index < -0.39 is 23.6 Å². The van der Waals surface area contributed by atoms with Gasteiger partial charge in [-0.2, -0.15) is 0 Å². The zero-order valence-electron chi connectivity index (χ0n) is 17.2. The van der Waals surface area contributed by atoms with Crippen LogP contribution < -0.4 is 0 Å². The number of carboxylic acid groups (broad SMARTS) is 1. The Morgan fingerprint density at radius 1 is 1.29 bits per heavy atom. The quantitative estimate of drug-likeness (QED) is 0.410. The molecule has 0 amide bonds. The largest absolute Gasteiger partial charge is 0.478 e. The molecule has 1 aromatic heterocycles. The number of aliphatic carboxylic acids is 1. The number of H-pyrrole nitrogens is 1. The van der Waals surface area contributed by atoms with Crippen LogP contribution in [0.1, 0.15) is 41.8 Å². The number of rotatable bonds is 6. The monoisotopic (exact) mass is 422 g/mol. The first-order valence-electron chi connectivity index (χ1n) is 10.3. The number of nitrogens with zero attached hydrogens (tertiary/aromatic N) is 1. The number of fused-ring (bicyclic) bond motifs is 3. The molecule has 1 aliphatic heterocycles. The molecule has 0 aliphatic carbocycles. The number of aromatic nitrogens is 1. The number of carbonyl (C=O) groups is 1. The standard InChI is InChI=1S/C25H24F2N2O2/c1-3-4-11-29-15(2)12-18-17-7-5-6-8-21(17)28-24(18)25(29)23-19(26)13-16(14-20(23)27)9-10-22(30)31/h3,5-10,13-15,25,28H,1,4,11-12H2,2H3,(H,30,31)/b10-9+. The van der Waals surface area contributed by atoms with Gasteiger partial charge >= 0.3 is 5.97 Å². The Balaban J connectivity index is 1.89. The summed E-state index contributed by atoms with van der Waals surface area (Å²) >= 11 is 0. The van der Waals surface area contributed by atoms with Gasteiger partial charge in [0.05, 0.1) is 6.04 Å². The van der Waals surface area contributed by atoms with Crippen LogP contribution in [0.25, 0.3) is 17.0 Å². The van der Waals surface area contributed by atoms with Crippen LogP contribution in [0.3, 0.4) is 0 Å². The topological polar surface area (TPSA) is 56.3 Å². The summed E-state index contributed by atoms with van der Waals surface area (Å²) in [6.07, 6.45) is 5.32. The highest BCUT2D eigenvalue weighted by Crippen LogP contribution is 2.42. The zero-order chi connectivity index (χ0) is 22.1. The van der Waals surface area contributed by atoms with E-state index in [2.05, 4.69) is 23.4 Å². The number of hydrogen-bond acceptors (Lipinski definition) is 2. The number of aromatic amines is 1. The second-order valence-electron chi connectivity index (χ2n) is 7.90. The SMILES string of the molecule is C=CCCN1C(C)Cc2c([nH]c3ccccc23)C1c1c(F)cc(/C=C/C(=O)O)cc1F. The van der Waals surface area contributed by atoms with Crippen molar-refractivity contribution >= 4 is 22.9 Å². The van der Waals surface area contributed by atoms with Crippen LogP contribution in [0.2, 0.25) is 0 Å². The van der Waals surface area contributed by atoms with Crippen molar-refractivity contribution in [2.45, 2.75) is 31.8 Å². The maximum absolute atomic E-state index is 15.3. The molecule has 6 heteroatoms. The Morgan fingerprint density at radius 2 is 2.00 bits per heavy atom. The molecule has 0 saturated carbocycles. The van der Waals surface area contributed by atoms with E-state index in [0.29, 0.717) is 13.0 Å². The summed E-state index contributed by atoms with van der Waals surface area (Å²) in [5.74, 6) is -2.57. The van der Waals surface area contributed by atoms with Crippen LogP contribution in [-0.4, -0.2) is 33.5 Å². The van der Waals surface area contributed by atoms with Crippen molar-refractivity contribution in [2.75, 3.05) is 6.54 Å². The first kappa shape index (κ1) is 21.0. The summed E-state index contributed by atoms with van der Waals surface area (Å²) in [6.45, 7) is 6.47. The normalized spacial score (nSPS) is 19.1. The predicted octanol–water partition coefficient (Wildman–Crippen LogP) is 5.46. The van der Waals surface area contributed by atoms with E-state index in [4.69, 9.17) is 5.11 Å². The van der Waals surface area contributed by atoms with Crippen LogP contribution in [0.5, 0.6) is 0 Å². The second-order valence-corrected chi connectivity index (χ2v) is 7.90. The highest BCUT2D eigenvalue weighted by Gasteiger charge is 2.38. The lowest BCUT2D eigenvalue weighted by Gasteiger charge is -2.41. The Hall–Kier alpha value is -3.25. The molecule has 3 aromatic rings. The number of nitrogens with one attached hydrogen (secondary N) is 1. The Labute approximate surface area is 179 Å². The molecule has 0 fully saturated rings. The molecule has 2 aromatic carbocycles. The molecule has 0 spiro atoms. The summed E-state index contributed by atoms with van der Waals surface area (Å²) in [5, 5.41) is 9.87. The second kappa shape index (κ2) is 8.47. The lowest BCUT2D eigenvalue weighted by Crippen LogP contribution is -2.43. The summed E-state index contributed by atoms with van der Waals surface area (Å²) in [4.78, 5) is 16.3. The van der Waals surface area contributed by atoms with Gasteiger partial charge in [-0.25, -0.2) is 13.6 Å². The van der Waals surface area contributed by atoms with Crippen LogP contribution in [0, 0.1) is 11.6 Å².